The van der Waals surface area contributed by atoms with E-state index < -0.39 is 17.0 Å². The monoisotopic (exact) mass is 292 g/mol. The molecular weight excluding hydrogens is 268 g/mol. The lowest BCUT2D eigenvalue weighted by molar-refractivity contribution is -0.137. The molecule has 0 saturated carbocycles. The number of hydrogen-bond donors (Lipinski definition) is 1. The summed E-state index contributed by atoms with van der Waals surface area (Å²) in [6.45, 7) is 9.29. The van der Waals surface area contributed by atoms with Gasteiger partial charge in [-0.2, -0.15) is 0 Å². The normalized spacial score (nSPS) is 25.9. The smallest absolute Gasteiger partial charge is 0.330 e. The molecule has 0 aromatic rings. The summed E-state index contributed by atoms with van der Waals surface area (Å²) in [4.78, 5) is 23.0. The minimum absolute atomic E-state index is 0.0226. The van der Waals surface area contributed by atoms with Gasteiger partial charge in [-0.3, -0.25) is 4.79 Å². The van der Waals surface area contributed by atoms with Gasteiger partial charge < -0.3 is 9.84 Å². The molecule has 0 aromatic heterocycles. The van der Waals surface area contributed by atoms with Crippen LogP contribution in [0.25, 0.3) is 0 Å². The molecule has 1 rings (SSSR count). The maximum absolute atomic E-state index is 11.6. The highest BCUT2D eigenvalue weighted by Crippen LogP contribution is 2.44. The molecule has 1 atom stereocenters. The summed E-state index contributed by atoms with van der Waals surface area (Å²) in [5, 5.41) is 10.9. The van der Waals surface area contributed by atoms with Gasteiger partial charge in [0.15, 0.2) is 5.78 Å². The second kappa shape index (κ2) is 6.39. The second-order valence-corrected chi connectivity index (χ2v) is 6.09. The molecule has 1 aliphatic rings. The van der Waals surface area contributed by atoms with E-state index in [9.17, 15) is 14.7 Å². The van der Waals surface area contributed by atoms with Crippen LogP contribution in [0.15, 0.2) is 35.5 Å². The van der Waals surface area contributed by atoms with Gasteiger partial charge in [-0.05, 0) is 44.1 Å². The SMILES string of the molecule is CCOC(=O)/C=C(C)/C=C/C1(O)C(C)=CC(=O)CC1(C)C. The van der Waals surface area contributed by atoms with Crippen molar-refractivity contribution in [2.75, 3.05) is 6.61 Å². The number of carbonyl (C=O) groups excluding carboxylic acids is 2. The van der Waals surface area contributed by atoms with E-state index in [1.165, 1.54) is 12.2 Å². The average Bonchev–Trinajstić information content (AvgIpc) is 2.33. The third-order valence-electron chi connectivity index (χ3n) is 3.85. The van der Waals surface area contributed by atoms with Crippen molar-refractivity contribution in [1.82, 2.24) is 0 Å². The maximum Gasteiger partial charge on any atom is 0.330 e. The molecule has 0 radical (unpaired) electrons. The van der Waals surface area contributed by atoms with Gasteiger partial charge in [0.25, 0.3) is 0 Å². The summed E-state index contributed by atoms with van der Waals surface area (Å²) >= 11 is 0. The fourth-order valence-corrected chi connectivity index (χ4v) is 2.53. The molecule has 4 heteroatoms. The molecule has 0 spiro atoms. The third kappa shape index (κ3) is 3.91. The van der Waals surface area contributed by atoms with Crippen LogP contribution in [-0.4, -0.2) is 29.1 Å². The van der Waals surface area contributed by atoms with Crippen LogP contribution in [0.4, 0.5) is 0 Å². The van der Waals surface area contributed by atoms with Crippen molar-refractivity contribution in [2.24, 2.45) is 5.41 Å². The number of esters is 1. The molecule has 0 amide bonds. The lowest BCUT2D eigenvalue weighted by Gasteiger charge is -2.43. The Bertz CT molecular complexity index is 523. The first kappa shape index (κ1) is 17.4. The van der Waals surface area contributed by atoms with E-state index >= 15 is 0 Å². The Kier molecular flexibility index (Phi) is 5.29. The zero-order chi connectivity index (χ0) is 16.3. The zero-order valence-corrected chi connectivity index (χ0v) is 13.4. The highest BCUT2D eigenvalue weighted by Gasteiger charge is 2.46. The highest BCUT2D eigenvalue weighted by atomic mass is 16.5. The summed E-state index contributed by atoms with van der Waals surface area (Å²) in [5.74, 6) is -0.383. The van der Waals surface area contributed by atoms with Gasteiger partial charge in [-0.15, -0.1) is 0 Å². The predicted octanol–water partition coefficient (Wildman–Crippen LogP) is 2.73. The first-order chi connectivity index (χ1) is 9.62. The number of carbonyl (C=O) groups is 2. The van der Waals surface area contributed by atoms with Gasteiger partial charge in [0, 0.05) is 17.9 Å². The van der Waals surface area contributed by atoms with Gasteiger partial charge in [0.2, 0.25) is 0 Å². The average molecular weight is 292 g/mol. The Morgan fingerprint density at radius 3 is 2.62 bits per heavy atom. The van der Waals surface area contributed by atoms with Crippen molar-refractivity contribution in [3.63, 3.8) is 0 Å². The van der Waals surface area contributed by atoms with Gasteiger partial charge in [-0.25, -0.2) is 4.79 Å². The van der Waals surface area contributed by atoms with E-state index in [-0.39, 0.29) is 12.2 Å². The number of ketones is 1. The standard InChI is InChI=1S/C17H24O4/c1-6-21-15(19)9-12(2)7-8-17(20)13(3)10-14(18)11-16(17,4)5/h7-10,20H,6,11H2,1-5H3/b8-7+,12-9+. The minimum atomic E-state index is -1.20. The molecule has 1 aliphatic carbocycles. The Balaban J connectivity index is 3.03. The topological polar surface area (TPSA) is 63.6 Å². The minimum Gasteiger partial charge on any atom is -0.463 e. The summed E-state index contributed by atoms with van der Waals surface area (Å²) in [6.07, 6.45) is 6.48. The molecule has 0 aliphatic heterocycles. The molecule has 0 bridgehead atoms. The summed E-state index contributed by atoms with van der Waals surface area (Å²) in [5.41, 5.74) is -0.500. The number of ether oxygens (including phenoxy) is 1. The van der Waals surface area contributed by atoms with Crippen LogP contribution in [0.1, 0.15) is 41.0 Å². The highest BCUT2D eigenvalue weighted by molar-refractivity contribution is 5.92. The van der Waals surface area contributed by atoms with Crippen LogP contribution in [0, 0.1) is 5.41 Å². The van der Waals surface area contributed by atoms with E-state index in [2.05, 4.69) is 0 Å². The molecule has 1 N–H and O–H groups in total. The first-order valence-corrected chi connectivity index (χ1v) is 7.10. The Hall–Kier alpha value is -1.68. The van der Waals surface area contributed by atoms with Gasteiger partial charge in [0.1, 0.15) is 5.60 Å². The van der Waals surface area contributed by atoms with Crippen LogP contribution >= 0.6 is 0 Å². The number of aliphatic hydroxyl groups is 1. The maximum atomic E-state index is 11.6. The van der Waals surface area contributed by atoms with E-state index in [0.29, 0.717) is 17.8 Å². The summed E-state index contributed by atoms with van der Waals surface area (Å²) in [7, 11) is 0. The lowest BCUT2D eigenvalue weighted by atomic mass is 9.64. The quantitative estimate of drug-likeness (QED) is 0.491. The lowest BCUT2D eigenvalue weighted by Crippen LogP contribution is -2.48. The van der Waals surface area contributed by atoms with Crippen LogP contribution < -0.4 is 0 Å². The summed E-state index contributed by atoms with van der Waals surface area (Å²) < 4.78 is 4.84. The zero-order valence-electron chi connectivity index (χ0n) is 13.4. The molecule has 116 valence electrons. The third-order valence-corrected chi connectivity index (χ3v) is 3.85. The molecule has 0 heterocycles. The molecular formula is C17H24O4. The van der Waals surface area contributed by atoms with Gasteiger partial charge in [-0.1, -0.05) is 19.9 Å². The fraction of sp³-hybridized carbons (Fsp3) is 0.529. The van der Waals surface area contributed by atoms with Crippen LogP contribution in [-0.2, 0) is 14.3 Å². The first-order valence-electron chi connectivity index (χ1n) is 7.10. The molecule has 4 nitrogen and oxygen atoms in total. The Morgan fingerprint density at radius 1 is 1.48 bits per heavy atom. The van der Waals surface area contributed by atoms with Crippen molar-refractivity contribution < 1.29 is 19.4 Å². The predicted molar refractivity (Wildman–Crippen MR) is 81.6 cm³/mol. The van der Waals surface area contributed by atoms with Crippen molar-refractivity contribution in [1.29, 1.82) is 0 Å². The van der Waals surface area contributed by atoms with E-state index in [4.69, 9.17) is 4.74 Å². The fourth-order valence-electron chi connectivity index (χ4n) is 2.53. The largest absolute Gasteiger partial charge is 0.463 e. The van der Waals surface area contributed by atoms with E-state index in [0.717, 1.165) is 0 Å². The molecule has 0 saturated heterocycles. The van der Waals surface area contributed by atoms with Gasteiger partial charge in [0.05, 0.1) is 6.61 Å². The molecule has 0 fully saturated rings. The van der Waals surface area contributed by atoms with Crippen molar-refractivity contribution in [3.8, 4) is 0 Å². The second-order valence-electron chi connectivity index (χ2n) is 6.09. The van der Waals surface area contributed by atoms with Crippen LogP contribution in [0.3, 0.4) is 0 Å². The van der Waals surface area contributed by atoms with Crippen LogP contribution in [0.2, 0.25) is 0 Å². The van der Waals surface area contributed by atoms with Gasteiger partial charge >= 0.3 is 5.97 Å². The number of rotatable bonds is 4. The molecule has 0 aromatic carbocycles. The Labute approximate surface area is 126 Å². The number of hydrogen-bond acceptors (Lipinski definition) is 4. The summed E-state index contributed by atoms with van der Waals surface area (Å²) in [6, 6.07) is 0. The number of allylic oxidation sites excluding steroid dienone is 3. The van der Waals surface area contributed by atoms with E-state index in [1.54, 1.807) is 32.9 Å². The Morgan fingerprint density at radius 2 is 2.10 bits per heavy atom. The molecule has 1 unspecified atom stereocenters. The van der Waals surface area contributed by atoms with Crippen LogP contribution in [0.5, 0.6) is 0 Å². The van der Waals surface area contributed by atoms with Crippen molar-refractivity contribution in [3.05, 3.63) is 35.5 Å². The van der Waals surface area contributed by atoms with E-state index in [1.807, 2.05) is 13.8 Å². The van der Waals surface area contributed by atoms with Crippen molar-refractivity contribution in [2.45, 2.75) is 46.6 Å². The molecule has 21 heavy (non-hydrogen) atoms. The van der Waals surface area contributed by atoms with Crippen molar-refractivity contribution >= 4 is 11.8 Å².